The van der Waals surface area contributed by atoms with Gasteiger partial charge in [-0.25, -0.2) is 13.1 Å². The Balaban J connectivity index is 0.00000242. The van der Waals surface area contributed by atoms with E-state index in [0.29, 0.717) is 21.6 Å². The third kappa shape index (κ3) is 5.38. The predicted octanol–water partition coefficient (Wildman–Crippen LogP) is -1.65. The van der Waals surface area contributed by atoms with Gasteiger partial charge in [-0.2, -0.15) is 9.38 Å². The zero-order chi connectivity index (χ0) is 15.6. The van der Waals surface area contributed by atoms with Crippen molar-refractivity contribution in [1.29, 1.82) is 0 Å². The van der Waals surface area contributed by atoms with Crippen LogP contribution in [0.15, 0.2) is 40.3 Å². The summed E-state index contributed by atoms with van der Waals surface area (Å²) in [5.74, 6) is 0. The summed E-state index contributed by atoms with van der Waals surface area (Å²) < 4.78 is 39.1. The van der Waals surface area contributed by atoms with Crippen LogP contribution in [0.3, 0.4) is 0 Å². The van der Waals surface area contributed by atoms with Crippen LogP contribution in [0.4, 0.5) is 0 Å². The molecule has 114 valence electrons. The van der Waals surface area contributed by atoms with Gasteiger partial charge in [0.1, 0.15) is 15.1 Å². The van der Waals surface area contributed by atoms with Gasteiger partial charge in [0.25, 0.3) is 0 Å². The minimum atomic E-state index is -4.48. The minimum Gasteiger partial charge on any atom is -0.744 e. The first-order chi connectivity index (χ1) is 9.77. The Hall–Kier alpha value is 0.206. The summed E-state index contributed by atoms with van der Waals surface area (Å²) in [5.41, 5.74) is 1.27. The summed E-state index contributed by atoms with van der Waals surface area (Å²) >= 11 is 0.877. The number of hydrogen-bond acceptors (Lipinski definition) is 8. The van der Waals surface area contributed by atoms with Crippen LogP contribution in [0.2, 0.25) is 0 Å². The molecule has 2 aromatic rings. The molecule has 1 aromatic heterocycles. The molecule has 11 heteroatoms. The molecule has 0 spiro atoms. The van der Waals surface area contributed by atoms with Crippen molar-refractivity contribution in [3.8, 4) is 5.69 Å². The standard InChI is InChI=1S/C11H13N3O5S2.K/c1-8-7-11(20-19-13(2)15)14(12-8)9-3-5-10(6-4-9)21(16,17)18;/h3-7,15H,1-2H3,(H,16,17,18);/q;+1/p-1. The van der Waals surface area contributed by atoms with E-state index in [4.69, 9.17) is 9.49 Å². The van der Waals surface area contributed by atoms with Gasteiger partial charge in [-0.3, -0.25) is 5.21 Å². The summed E-state index contributed by atoms with van der Waals surface area (Å²) in [6, 6.07) is 7.07. The summed E-state index contributed by atoms with van der Waals surface area (Å²) in [7, 11) is -3.16. The second-order valence-electron chi connectivity index (χ2n) is 4.11. The number of benzene rings is 1. The zero-order valence-corrected chi connectivity index (χ0v) is 16.9. The van der Waals surface area contributed by atoms with Gasteiger partial charge in [-0.15, -0.1) is 0 Å². The van der Waals surface area contributed by atoms with Gasteiger partial charge in [0, 0.05) is 7.05 Å². The Labute approximate surface area is 174 Å². The average molecular weight is 369 g/mol. The molecule has 0 atom stereocenters. The molecule has 0 radical (unpaired) electrons. The second-order valence-corrected chi connectivity index (χ2v) is 6.22. The minimum absolute atomic E-state index is 0. The number of nitrogens with zero attached hydrogens (tertiary/aromatic N) is 3. The van der Waals surface area contributed by atoms with E-state index in [1.165, 1.54) is 36.0 Å². The van der Waals surface area contributed by atoms with Crippen LogP contribution in [0.5, 0.6) is 0 Å². The van der Waals surface area contributed by atoms with Crippen molar-refractivity contribution in [1.82, 2.24) is 15.0 Å². The number of aryl methyl sites for hydroxylation is 1. The van der Waals surface area contributed by atoms with E-state index in [9.17, 15) is 13.0 Å². The van der Waals surface area contributed by atoms with Gasteiger partial charge in [0.15, 0.2) is 0 Å². The molecule has 0 saturated carbocycles. The summed E-state index contributed by atoms with van der Waals surface area (Å²) in [4.78, 5) is -0.310. The molecule has 0 unspecified atom stereocenters. The fraction of sp³-hybridized carbons (Fsp3) is 0.182. The van der Waals surface area contributed by atoms with Gasteiger partial charge in [0.2, 0.25) is 0 Å². The largest absolute Gasteiger partial charge is 1.00 e. The van der Waals surface area contributed by atoms with Crippen molar-refractivity contribution in [2.75, 3.05) is 7.05 Å². The maximum absolute atomic E-state index is 10.9. The van der Waals surface area contributed by atoms with Crippen molar-refractivity contribution >= 4 is 22.2 Å². The van der Waals surface area contributed by atoms with Gasteiger partial charge < -0.3 is 4.55 Å². The average Bonchev–Trinajstić information content (AvgIpc) is 2.77. The molecule has 1 heterocycles. The van der Waals surface area contributed by atoms with Crippen molar-refractivity contribution in [2.24, 2.45) is 0 Å². The molecule has 0 saturated heterocycles. The molecule has 1 N–H and O–H groups in total. The molecule has 2 rings (SSSR count). The van der Waals surface area contributed by atoms with E-state index >= 15 is 0 Å². The number of aromatic nitrogens is 2. The maximum atomic E-state index is 10.9. The van der Waals surface area contributed by atoms with Crippen LogP contribution in [-0.2, 0) is 14.4 Å². The van der Waals surface area contributed by atoms with Crippen molar-refractivity contribution in [3.05, 3.63) is 36.0 Å². The van der Waals surface area contributed by atoms with Crippen LogP contribution < -0.4 is 51.4 Å². The quantitative estimate of drug-likeness (QED) is 0.289. The van der Waals surface area contributed by atoms with Gasteiger partial charge in [-0.1, -0.05) is 5.23 Å². The smallest absolute Gasteiger partial charge is 0.744 e. The zero-order valence-electron chi connectivity index (χ0n) is 12.1. The molecule has 0 bridgehead atoms. The fourth-order valence-corrected chi connectivity index (χ4v) is 2.66. The van der Waals surface area contributed by atoms with Crippen LogP contribution in [0.25, 0.3) is 5.69 Å². The molecule has 0 amide bonds. The Morgan fingerprint density at radius 1 is 1.36 bits per heavy atom. The molecule has 22 heavy (non-hydrogen) atoms. The van der Waals surface area contributed by atoms with E-state index in [2.05, 4.69) is 5.10 Å². The fourth-order valence-electron chi connectivity index (χ4n) is 1.57. The predicted molar refractivity (Wildman–Crippen MR) is 72.8 cm³/mol. The number of hydrogen-bond donors (Lipinski definition) is 1. The van der Waals surface area contributed by atoms with E-state index in [1.54, 1.807) is 13.0 Å². The normalized spacial score (nSPS) is 11.5. The molecular weight excluding hydrogens is 357 g/mol. The van der Waals surface area contributed by atoms with Crippen LogP contribution in [0, 0.1) is 6.92 Å². The van der Waals surface area contributed by atoms with E-state index in [0.717, 1.165) is 12.0 Å². The number of rotatable bonds is 5. The first-order valence-electron chi connectivity index (χ1n) is 5.67. The van der Waals surface area contributed by atoms with E-state index < -0.39 is 10.1 Å². The second kappa shape index (κ2) is 8.35. The molecule has 0 aliphatic heterocycles. The van der Waals surface area contributed by atoms with Gasteiger partial charge >= 0.3 is 51.4 Å². The molecule has 8 nitrogen and oxygen atoms in total. The molecule has 0 aliphatic carbocycles. The SMILES string of the molecule is Cc1cc(SON(C)O)n(-c2ccc(S(=O)(=O)[O-])cc2)n1.[K+]. The van der Waals surface area contributed by atoms with Crippen LogP contribution in [0.1, 0.15) is 5.69 Å². The van der Waals surface area contributed by atoms with Crippen LogP contribution in [-0.4, -0.2) is 40.2 Å². The number of hydroxylamine groups is 2. The molecular formula is C11H12KN3O5S2. The summed E-state index contributed by atoms with van der Waals surface area (Å²) in [6.45, 7) is 1.78. The summed E-state index contributed by atoms with van der Waals surface area (Å²) in [5, 5.41) is 14.3. The first-order valence-corrected chi connectivity index (χ1v) is 7.82. The molecule has 1 aromatic carbocycles. The topological polar surface area (TPSA) is 108 Å². The molecule has 0 aliphatic rings. The van der Waals surface area contributed by atoms with Crippen molar-refractivity contribution < 1.29 is 73.8 Å². The third-order valence-electron chi connectivity index (χ3n) is 2.40. The van der Waals surface area contributed by atoms with Gasteiger partial charge in [-0.05, 0) is 37.3 Å². The van der Waals surface area contributed by atoms with Crippen molar-refractivity contribution in [3.63, 3.8) is 0 Å². The maximum Gasteiger partial charge on any atom is 1.00 e. The Kier molecular flexibility index (Phi) is 7.68. The Bertz CT molecular complexity index is 731. The van der Waals surface area contributed by atoms with E-state index in [1.807, 2.05) is 0 Å². The Morgan fingerprint density at radius 2 is 1.95 bits per heavy atom. The Morgan fingerprint density at radius 3 is 2.45 bits per heavy atom. The first kappa shape index (κ1) is 20.3. The van der Waals surface area contributed by atoms with Gasteiger partial charge in [0.05, 0.1) is 28.3 Å². The summed E-state index contributed by atoms with van der Waals surface area (Å²) in [6.07, 6.45) is 0. The monoisotopic (exact) mass is 369 g/mol. The molecule has 0 fully saturated rings. The third-order valence-corrected chi connectivity index (χ3v) is 4.00. The van der Waals surface area contributed by atoms with Crippen molar-refractivity contribution in [2.45, 2.75) is 16.8 Å². The van der Waals surface area contributed by atoms with Crippen LogP contribution >= 0.6 is 12.0 Å². The van der Waals surface area contributed by atoms with E-state index in [-0.39, 0.29) is 56.3 Å².